The average Bonchev–Trinajstić information content (AvgIpc) is 3.29. The summed E-state index contributed by atoms with van der Waals surface area (Å²) < 4.78 is 22.6. The van der Waals surface area contributed by atoms with Gasteiger partial charge < -0.3 is 35.1 Å². The van der Waals surface area contributed by atoms with Crippen molar-refractivity contribution in [1.29, 1.82) is 0 Å². The second-order valence-corrected chi connectivity index (χ2v) is 7.76. The summed E-state index contributed by atoms with van der Waals surface area (Å²) in [5.41, 5.74) is 7.72. The van der Waals surface area contributed by atoms with Crippen molar-refractivity contribution in [2.24, 2.45) is 5.73 Å². The summed E-state index contributed by atoms with van der Waals surface area (Å²) in [5, 5.41) is 13.2. The molecule has 0 saturated carbocycles. The highest BCUT2D eigenvalue weighted by Crippen LogP contribution is 2.44. The molecule has 0 fully saturated rings. The minimum Gasteiger partial charge on any atom is -0.493 e. The number of nitrogens with two attached hydrogens (primary N) is 1. The summed E-state index contributed by atoms with van der Waals surface area (Å²) in [5.74, 6) is 1.87. The fourth-order valence-corrected chi connectivity index (χ4v) is 3.68. The molecule has 0 unspecified atom stereocenters. The molecule has 0 spiro atoms. The second-order valence-electron chi connectivity index (χ2n) is 7.76. The molecule has 2 heterocycles. The van der Waals surface area contributed by atoms with Gasteiger partial charge in [0.25, 0.3) is 0 Å². The van der Waals surface area contributed by atoms with E-state index in [1.165, 1.54) is 6.33 Å². The highest BCUT2D eigenvalue weighted by Gasteiger charge is 2.23. The summed E-state index contributed by atoms with van der Waals surface area (Å²) >= 11 is 0. The number of nitrogens with one attached hydrogen (secondary N) is 1. The van der Waals surface area contributed by atoms with E-state index in [-0.39, 0.29) is 13.3 Å². The predicted octanol–water partition coefficient (Wildman–Crippen LogP) is 2.35. The quantitative estimate of drug-likeness (QED) is 0.356. The standard InChI is InChI=1S/C23H27N5O6/c1-28(11-20(29)30)10-14-4-5-17-22(34-13-33-17)21(14)27-23-15-8-19(32-7-3-6-24)18(31-2)9-16(15)25-12-26-23/h4-5,8-9,12H,3,6-7,10-11,13,24H2,1-2H3,(H,29,30)(H,25,26,27). The van der Waals surface area contributed by atoms with Crippen LogP contribution in [0.3, 0.4) is 0 Å². The topological polar surface area (TPSA) is 141 Å². The molecule has 0 saturated heterocycles. The fraction of sp³-hybridized carbons (Fsp3) is 0.348. The number of methoxy groups -OCH3 is 1. The minimum absolute atomic E-state index is 0.0965. The molecule has 1 aliphatic heterocycles. The third-order valence-corrected chi connectivity index (χ3v) is 5.24. The molecular weight excluding hydrogens is 442 g/mol. The number of hydrogen-bond acceptors (Lipinski definition) is 10. The molecule has 1 aromatic heterocycles. The van der Waals surface area contributed by atoms with E-state index in [1.807, 2.05) is 18.2 Å². The molecule has 11 heteroatoms. The maximum Gasteiger partial charge on any atom is 0.317 e. The fourth-order valence-electron chi connectivity index (χ4n) is 3.68. The predicted molar refractivity (Wildman–Crippen MR) is 125 cm³/mol. The lowest BCUT2D eigenvalue weighted by atomic mass is 10.1. The number of nitrogens with zero attached hydrogens (tertiary/aromatic N) is 3. The van der Waals surface area contributed by atoms with Crippen LogP contribution in [0.1, 0.15) is 12.0 Å². The molecule has 0 radical (unpaired) electrons. The molecule has 11 nitrogen and oxygen atoms in total. The lowest BCUT2D eigenvalue weighted by Crippen LogP contribution is -2.25. The number of aliphatic carboxylic acids is 1. The summed E-state index contributed by atoms with van der Waals surface area (Å²) in [7, 11) is 3.31. The number of rotatable bonds is 11. The van der Waals surface area contributed by atoms with E-state index in [9.17, 15) is 4.79 Å². The van der Waals surface area contributed by atoms with E-state index in [0.717, 1.165) is 5.56 Å². The number of likely N-dealkylation sites (N-methyl/N-ethyl adjacent to an activating group) is 1. The molecule has 0 bridgehead atoms. The van der Waals surface area contributed by atoms with Crippen LogP contribution in [0.5, 0.6) is 23.0 Å². The van der Waals surface area contributed by atoms with Gasteiger partial charge in [-0.2, -0.15) is 0 Å². The van der Waals surface area contributed by atoms with E-state index in [4.69, 9.17) is 29.8 Å². The minimum atomic E-state index is -0.907. The van der Waals surface area contributed by atoms with Crippen molar-refractivity contribution in [2.45, 2.75) is 13.0 Å². The van der Waals surface area contributed by atoms with Crippen LogP contribution in [0.25, 0.3) is 10.9 Å². The van der Waals surface area contributed by atoms with Crippen molar-refractivity contribution in [3.8, 4) is 23.0 Å². The van der Waals surface area contributed by atoms with Gasteiger partial charge in [-0.3, -0.25) is 9.69 Å². The maximum atomic E-state index is 11.1. The first-order valence-electron chi connectivity index (χ1n) is 10.7. The van der Waals surface area contributed by atoms with E-state index in [0.29, 0.717) is 71.5 Å². The molecule has 34 heavy (non-hydrogen) atoms. The second kappa shape index (κ2) is 10.4. The molecule has 0 atom stereocenters. The Bertz CT molecular complexity index is 1190. The number of fused-ring (bicyclic) bond motifs is 2. The highest BCUT2D eigenvalue weighted by atomic mass is 16.7. The van der Waals surface area contributed by atoms with E-state index >= 15 is 0 Å². The normalized spacial score (nSPS) is 12.2. The van der Waals surface area contributed by atoms with Crippen molar-refractivity contribution >= 4 is 28.4 Å². The van der Waals surface area contributed by atoms with Gasteiger partial charge in [0.15, 0.2) is 23.0 Å². The lowest BCUT2D eigenvalue weighted by molar-refractivity contribution is -0.138. The van der Waals surface area contributed by atoms with Crippen LogP contribution in [0, 0.1) is 0 Å². The molecule has 1 aliphatic rings. The third-order valence-electron chi connectivity index (χ3n) is 5.24. The zero-order valence-electron chi connectivity index (χ0n) is 19.0. The van der Waals surface area contributed by atoms with Gasteiger partial charge in [-0.15, -0.1) is 0 Å². The van der Waals surface area contributed by atoms with Crippen LogP contribution in [0.2, 0.25) is 0 Å². The Balaban J connectivity index is 1.73. The molecule has 0 amide bonds. The molecule has 2 aromatic carbocycles. The number of ether oxygens (including phenoxy) is 4. The van der Waals surface area contributed by atoms with E-state index < -0.39 is 5.97 Å². The molecule has 4 rings (SSSR count). The zero-order chi connectivity index (χ0) is 24.1. The van der Waals surface area contributed by atoms with Gasteiger partial charge >= 0.3 is 5.97 Å². The largest absolute Gasteiger partial charge is 0.493 e. The smallest absolute Gasteiger partial charge is 0.317 e. The molecule has 0 aliphatic carbocycles. The number of carboxylic acid groups (broad SMARTS) is 1. The van der Waals surface area contributed by atoms with Gasteiger partial charge in [0.1, 0.15) is 12.1 Å². The van der Waals surface area contributed by atoms with E-state index in [1.54, 1.807) is 25.1 Å². The van der Waals surface area contributed by atoms with Crippen LogP contribution >= 0.6 is 0 Å². The van der Waals surface area contributed by atoms with E-state index in [2.05, 4.69) is 15.3 Å². The van der Waals surface area contributed by atoms with Crippen molar-refractivity contribution in [3.05, 3.63) is 36.2 Å². The number of aromatic nitrogens is 2. The average molecular weight is 469 g/mol. The summed E-state index contributed by atoms with van der Waals surface area (Å²) in [6, 6.07) is 7.30. The summed E-state index contributed by atoms with van der Waals surface area (Å²) in [6.07, 6.45) is 2.16. The van der Waals surface area contributed by atoms with Crippen molar-refractivity contribution in [1.82, 2.24) is 14.9 Å². The molecule has 3 aromatic rings. The van der Waals surface area contributed by atoms with Crippen LogP contribution in [0.15, 0.2) is 30.6 Å². The number of anilines is 2. The number of carbonyl (C=O) groups is 1. The van der Waals surface area contributed by atoms with Crippen LogP contribution < -0.4 is 30.0 Å². The first-order valence-corrected chi connectivity index (χ1v) is 10.7. The van der Waals surface area contributed by atoms with Gasteiger partial charge in [0, 0.05) is 18.0 Å². The molecular formula is C23H27N5O6. The molecule has 180 valence electrons. The number of benzene rings is 2. The number of hydrogen-bond donors (Lipinski definition) is 3. The lowest BCUT2D eigenvalue weighted by Gasteiger charge is -2.19. The van der Waals surface area contributed by atoms with Crippen LogP contribution in [-0.2, 0) is 11.3 Å². The van der Waals surface area contributed by atoms with Crippen molar-refractivity contribution < 1.29 is 28.8 Å². The van der Waals surface area contributed by atoms with Crippen molar-refractivity contribution in [3.63, 3.8) is 0 Å². The Kier molecular flexibility index (Phi) is 7.14. The SMILES string of the molecule is COc1cc2ncnc(Nc3c(CN(C)CC(=O)O)ccc4c3OCO4)c2cc1OCCCN. The van der Waals surface area contributed by atoms with Gasteiger partial charge in [0.05, 0.1) is 31.5 Å². The first-order chi connectivity index (χ1) is 16.5. The Morgan fingerprint density at radius 2 is 2.12 bits per heavy atom. The Morgan fingerprint density at radius 3 is 2.88 bits per heavy atom. The summed E-state index contributed by atoms with van der Waals surface area (Å²) in [4.78, 5) is 21.6. The van der Waals surface area contributed by atoms with Gasteiger partial charge in [-0.05, 0) is 37.7 Å². The Morgan fingerprint density at radius 1 is 1.26 bits per heavy atom. The third kappa shape index (κ3) is 5.05. The maximum absolute atomic E-state index is 11.1. The van der Waals surface area contributed by atoms with Crippen molar-refractivity contribution in [2.75, 3.05) is 46.0 Å². The summed E-state index contributed by atoms with van der Waals surface area (Å²) in [6.45, 7) is 1.33. The Hall–Kier alpha value is -3.83. The Labute approximate surface area is 196 Å². The highest BCUT2D eigenvalue weighted by molar-refractivity contribution is 5.94. The van der Waals surface area contributed by atoms with Crippen LogP contribution in [0.4, 0.5) is 11.5 Å². The van der Waals surface area contributed by atoms with Crippen LogP contribution in [-0.4, -0.2) is 66.6 Å². The monoisotopic (exact) mass is 469 g/mol. The van der Waals surface area contributed by atoms with Gasteiger partial charge in [-0.25, -0.2) is 9.97 Å². The number of carboxylic acids is 1. The first kappa shape index (κ1) is 23.3. The van der Waals surface area contributed by atoms with Gasteiger partial charge in [0.2, 0.25) is 6.79 Å². The zero-order valence-corrected chi connectivity index (χ0v) is 19.0. The van der Waals surface area contributed by atoms with Gasteiger partial charge in [-0.1, -0.05) is 6.07 Å². The molecule has 4 N–H and O–H groups in total.